The molecular formula is C15H19ClO5. The Balaban J connectivity index is 2.10. The fourth-order valence-electron chi connectivity index (χ4n) is 1.91. The molecule has 6 heteroatoms. The van der Waals surface area contributed by atoms with Crippen molar-refractivity contribution in [1.29, 1.82) is 0 Å². The van der Waals surface area contributed by atoms with Crippen LogP contribution in [-0.2, 0) is 14.2 Å². The number of hydrogen-bond donors (Lipinski definition) is 1. The molecule has 5 nitrogen and oxygen atoms in total. The summed E-state index contributed by atoms with van der Waals surface area (Å²) in [6.45, 7) is 5.36. The smallest absolute Gasteiger partial charge is 0.340 e. The summed E-state index contributed by atoms with van der Waals surface area (Å²) in [7, 11) is 0. The lowest BCUT2D eigenvalue weighted by molar-refractivity contribution is -0.346. The number of carbonyl (C=O) groups excluding carboxylic acids is 1. The second-order valence-corrected chi connectivity index (χ2v) is 6.10. The SMILES string of the molecule is CC(C)C1OC[C@](C)(O)[C@@H](OC(=O)c2cccc(Cl)c2)O1. The quantitative estimate of drug-likeness (QED) is 0.869. The van der Waals surface area contributed by atoms with E-state index in [9.17, 15) is 9.90 Å². The first-order valence-electron chi connectivity index (χ1n) is 6.75. The summed E-state index contributed by atoms with van der Waals surface area (Å²) in [6.07, 6.45) is -1.62. The van der Waals surface area contributed by atoms with Crippen molar-refractivity contribution in [2.75, 3.05) is 6.61 Å². The third-order valence-electron chi connectivity index (χ3n) is 3.12. The van der Waals surface area contributed by atoms with Gasteiger partial charge in [-0.15, -0.1) is 0 Å². The molecule has 1 N–H and O–H groups in total. The normalized spacial score (nSPS) is 29.4. The summed E-state index contributed by atoms with van der Waals surface area (Å²) in [5.41, 5.74) is -1.10. The molecule has 3 atom stereocenters. The van der Waals surface area contributed by atoms with Crippen molar-refractivity contribution < 1.29 is 24.1 Å². The predicted octanol–water partition coefficient (Wildman–Crippen LogP) is 2.60. The summed E-state index contributed by atoms with van der Waals surface area (Å²) in [6, 6.07) is 6.40. The largest absolute Gasteiger partial charge is 0.429 e. The van der Waals surface area contributed by atoms with Crippen LogP contribution in [0.4, 0.5) is 0 Å². The molecule has 1 aromatic rings. The maximum absolute atomic E-state index is 12.1. The van der Waals surface area contributed by atoms with Gasteiger partial charge in [0.1, 0.15) is 5.60 Å². The summed E-state index contributed by atoms with van der Waals surface area (Å²) in [5.74, 6) is -0.527. The van der Waals surface area contributed by atoms with Gasteiger partial charge >= 0.3 is 5.97 Å². The molecule has 1 fully saturated rings. The molecule has 116 valence electrons. The van der Waals surface area contributed by atoms with Gasteiger partial charge in [-0.25, -0.2) is 4.79 Å². The molecule has 0 aliphatic carbocycles. The highest BCUT2D eigenvalue weighted by Crippen LogP contribution is 2.27. The van der Waals surface area contributed by atoms with Crippen LogP contribution in [0.2, 0.25) is 5.02 Å². The van der Waals surface area contributed by atoms with Crippen LogP contribution < -0.4 is 0 Å². The third kappa shape index (κ3) is 3.95. The van der Waals surface area contributed by atoms with Crippen molar-refractivity contribution in [3.63, 3.8) is 0 Å². The summed E-state index contributed by atoms with van der Waals surface area (Å²) >= 11 is 5.84. The Labute approximate surface area is 128 Å². The zero-order valence-electron chi connectivity index (χ0n) is 12.2. The maximum atomic E-state index is 12.1. The van der Waals surface area contributed by atoms with E-state index in [1.165, 1.54) is 13.0 Å². The van der Waals surface area contributed by atoms with Gasteiger partial charge in [-0.05, 0) is 25.1 Å². The maximum Gasteiger partial charge on any atom is 0.340 e. The molecule has 0 saturated carbocycles. The molecule has 0 radical (unpaired) electrons. The summed E-state index contributed by atoms with van der Waals surface area (Å²) < 4.78 is 16.2. The number of benzene rings is 1. The Bertz CT molecular complexity index is 515. The van der Waals surface area contributed by atoms with Gasteiger partial charge in [0.05, 0.1) is 12.2 Å². The topological polar surface area (TPSA) is 65.0 Å². The first-order chi connectivity index (χ1) is 9.79. The number of hydrogen-bond acceptors (Lipinski definition) is 5. The highest BCUT2D eigenvalue weighted by atomic mass is 35.5. The van der Waals surface area contributed by atoms with Crippen LogP contribution in [0.5, 0.6) is 0 Å². The number of aliphatic hydroxyl groups is 1. The van der Waals surface area contributed by atoms with Gasteiger partial charge in [0, 0.05) is 10.9 Å². The van der Waals surface area contributed by atoms with E-state index in [4.69, 9.17) is 25.8 Å². The van der Waals surface area contributed by atoms with E-state index in [-0.39, 0.29) is 12.5 Å². The Morgan fingerprint density at radius 3 is 2.86 bits per heavy atom. The molecule has 1 unspecified atom stereocenters. The monoisotopic (exact) mass is 314 g/mol. The molecule has 1 aromatic carbocycles. The number of rotatable bonds is 3. The lowest BCUT2D eigenvalue weighted by atomic mass is 10.1. The van der Waals surface area contributed by atoms with E-state index in [0.717, 1.165) is 0 Å². The fourth-order valence-corrected chi connectivity index (χ4v) is 2.10. The number of ether oxygens (including phenoxy) is 3. The molecule has 1 heterocycles. The highest BCUT2D eigenvalue weighted by molar-refractivity contribution is 6.30. The molecule has 1 aliphatic heterocycles. The second kappa shape index (κ2) is 6.32. The highest BCUT2D eigenvalue weighted by Gasteiger charge is 2.44. The van der Waals surface area contributed by atoms with Crippen LogP contribution in [0, 0.1) is 5.92 Å². The van der Waals surface area contributed by atoms with Crippen LogP contribution in [0.25, 0.3) is 0 Å². The van der Waals surface area contributed by atoms with Crippen LogP contribution in [-0.4, -0.2) is 35.9 Å². The number of halogens is 1. The van der Waals surface area contributed by atoms with Crippen LogP contribution in [0.15, 0.2) is 24.3 Å². The zero-order chi connectivity index (χ0) is 15.6. The minimum atomic E-state index is -1.40. The van der Waals surface area contributed by atoms with Gasteiger partial charge in [-0.3, -0.25) is 0 Å². The minimum Gasteiger partial charge on any atom is -0.429 e. The van der Waals surface area contributed by atoms with Gasteiger partial charge < -0.3 is 19.3 Å². The average Bonchev–Trinajstić information content (AvgIpc) is 2.40. The van der Waals surface area contributed by atoms with Gasteiger partial charge in [-0.2, -0.15) is 0 Å². The van der Waals surface area contributed by atoms with Crippen LogP contribution in [0.3, 0.4) is 0 Å². The van der Waals surface area contributed by atoms with Gasteiger partial charge in [-0.1, -0.05) is 31.5 Å². The van der Waals surface area contributed by atoms with Crippen molar-refractivity contribution in [3.05, 3.63) is 34.9 Å². The van der Waals surface area contributed by atoms with Gasteiger partial charge in [0.15, 0.2) is 6.29 Å². The molecular weight excluding hydrogens is 296 g/mol. The standard InChI is InChI=1S/C15H19ClO5/c1-9(2)13-19-8-15(3,18)14(21-13)20-12(17)10-5-4-6-11(16)7-10/h4-7,9,13-14,18H,8H2,1-3H3/t13?,14-,15-/m0/s1. The fraction of sp³-hybridized carbons (Fsp3) is 0.533. The summed E-state index contributed by atoms with van der Waals surface area (Å²) in [4.78, 5) is 12.1. The minimum absolute atomic E-state index is 0.0311. The van der Waals surface area contributed by atoms with Crippen molar-refractivity contribution in [3.8, 4) is 0 Å². The molecule has 1 aliphatic rings. The van der Waals surface area contributed by atoms with E-state index in [1.807, 2.05) is 13.8 Å². The molecule has 0 bridgehead atoms. The van der Waals surface area contributed by atoms with E-state index < -0.39 is 24.2 Å². The van der Waals surface area contributed by atoms with E-state index in [0.29, 0.717) is 10.6 Å². The molecule has 2 rings (SSSR count). The lowest BCUT2D eigenvalue weighted by Gasteiger charge is -2.40. The Morgan fingerprint density at radius 1 is 1.52 bits per heavy atom. The van der Waals surface area contributed by atoms with E-state index in [1.54, 1.807) is 18.2 Å². The first-order valence-corrected chi connectivity index (χ1v) is 7.13. The van der Waals surface area contributed by atoms with Crippen LogP contribution in [0.1, 0.15) is 31.1 Å². The Morgan fingerprint density at radius 2 is 2.24 bits per heavy atom. The zero-order valence-corrected chi connectivity index (χ0v) is 13.0. The Hall–Kier alpha value is -1.14. The molecule has 0 amide bonds. The number of esters is 1. The van der Waals surface area contributed by atoms with Gasteiger partial charge in [0.25, 0.3) is 0 Å². The van der Waals surface area contributed by atoms with E-state index >= 15 is 0 Å². The second-order valence-electron chi connectivity index (χ2n) is 5.66. The third-order valence-corrected chi connectivity index (χ3v) is 3.36. The molecule has 0 spiro atoms. The van der Waals surface area contributed by atoms with Crippen molar-refractivity contribution >= 4 is 17.6 Å². The predicted molar refractivity (Wildman–Crippen MR) is 76.9 cm³/mol. The molecule has 21 heavy (non-hydrogen) atoms. The number of carbonyl (C=O) groups is 1. The van der Waals surface area contributed by atoms with E-state index in [2.05, 4.69) is 0 Å². The van der Waals surface area contributed by atoms with Crippen molar-refractivity contribution in [2.45, 2.75) is 39.0 Å². The first kappa shape index (κ1) is 16.2. The van der Waals surface area contributed by atoms with Gasteiger partial charge in [0.2, 0.25) is 6.29 Å². The van der Waals surface area contributed by atoms with Crippen molar-refractivity contribution in [1.82, 2.24) is 0 Å². The average molecular weight is 315 g/mol. The Kier molecular flexibility index (Phi) is 4.88. The van der Waals surface area contributed by atoms with Crippen LogP contribution >= 0.6 is 11.6 Å². The van der Waals surface area contributed by atoms with Crippen molar-refractivity contribution in [2.24, 2.45) is 5.92 Å². The lowest BCUT2D eigenvalue weighted by Crippen LogP contribution is -2.55. The molecule has 0 aromatic heterocycles. The summed E-state index contributed by atoms with van der Waals surface area (Å²) in [5, 5.41) is 10.7. The molecule has 1 saturated heterocycles.